The van der Waals surface area contributed by atoms with E-state index in [4.69, 9.17) is 4.98 Å². The van der Waals surface area contributed by atoms with Crippen molar-refractivity contribution in [2.75, 3.05) is 0 Å². The third-order valence-corrected chi connectivity index (χ3v) is 5.90. The molecule has 0 saturated heterocycles. The van der Waals surface area contributed by atoms with Crippen LogP contribution < -0.4 is 0 Å². The molecule has 1 atom stereocenters. The summed E-state index contributed by atoms with van der Waals surface area (Å²) in [6.45, 7) is 4.20. The number of nitriles is 1. The highest BCUT2D eigenvalue weighted by atomic mass is 16.3. The molecule has 1 unspecified atom stereocenters. The average molecular weight is 356 g/mol. The van der Waals surface area contributed by atoms with Crippen LogP contribution in [-0.4, -0.2) is 19.6 Å². The summed E-state index contributed by atoms with van der Waals surface area (Å²) in [4.78, 5) is 8.08. The number of aliphatic hydroxyl groups is 1. The maximum atomic E-state index is 12.0. The molecule has 2 N–H and O–H groups in total. The first-order valence-electron chi connectivity index (χ1n) is 9.32. The van der Waals surface area contributed by atoms with Crippen molar-refractivity contribution in [1.29, 1.82) is 5.26 Å². The number of hydrogen-bond donors (Lipinski definition) is 2. The molecule has 0 amide bonds. The first-order chi connectivity index (χ1) is 13.1. The minimum atomic E-state index is -1.29. The Labute approximate surface area is 156 Å². The Morgan fingerprint density at radius 3 is 2.96 bits per heavy atom. The molecule has 0 spiro atoms. The zero-order valence-corrected chi connectivity index (χ0v) is 15.4. The highest BCUT2D eigenvalue weighted by molar-refractivity contribution is 5.92. The summed E-state index contributed by atoms with van der Waals surface area (Å²) in [6, 6.07) is 9.68. The van der Waals surface area contributed by atoms with E-state index < -0.39 is 5.60 Å². The lowest BCUT2D eigenvalue weighted by Crippen LogP contribution is -2.35. The number of nitrogens with one attached hydrogen (secondary N) is 1. The molecule has 1 aliphatic rings. The van der Waals surface area contributed by atoms with E-state index >= 15 is 0 Å². The molecule has 0 bridgehead atoms. The van der Waals surface area contributed by atoms with Gasteiger partial charge in [-0.2, -0.15) is 5.26 Å². The molecular weight excluding hydrogens is 336 g/mol. The second-order valence-electron chi connectivity index (χ2n) is 7.36. The lowest BCUT2D eigenvalue weighted by Gasteiger charge is -2.34. The molecule has 5 rings (SSSR count). The van der Waals surface area contributed by atoms with Gasteiger partial charge in [-0.15, -0.1) is 0 Å². The molecular formula is C22H20N4O. The van der Waals surface area contributed by atoms with Crippen molar-refractivity contribution in [3.05, 3.63) is 64.6 Å². The van der Waals surface area contributed by atoms with E-state index in [1.165, 1.54) is 15.7 Å². The molecule has 4 aromatic rings. The molecule has 0 radical (unpaired) electrons. The average Bonchev–Trinajstić information content (AvgIpc) is 3.28. The highest BCUT2D eigenvalue weighted by Crippen LogP contribution is 2.46. The molecule has 27 heavy (non-hydrogen) atoms. The van der Waals surface area contributed by atoms with Crippen molar-refractivity contribution in [2.45, 2.75) is 38.7 Å². The SMILES string of the molecule is CCc1cc(C)c2[nH]cc3c2c1C(O)(c1nc2ccccc2n1C#N)CC3. The summed E-state index contributed by atoms with van der Waals surface area (Å²) in [6.07, 6.45) is 6.34. The number of rotatable bonds is 2. The highest BCUT2D eigenvalue weighted by Gasteiger charge is 2.43. The number of para-hydroxylation sites is 2. The topological polar surface area (TPSA) is 77.6 Å². The second kappa shape index (κ2) is 5.45. The number of nitrogens with zero attached hydrogens (tertiary/aromatic N) is 3. The largest absolute Gasteiger partial charge is 0.377 e. The molecule has 5 nitrogen and oxygen atoms in total. The normalized spacial score (nSPS) is 18.9. The minimum absolute atomic E-state index is 0.415. The van der Waals surface area contributed by atoms with Gasteiger partial charge >= 0.3 is 0 Å². The number of fused-ring (bicyclic) bond motifs is 1. The fourth-order valence-electron chi connectivity index (χ4n) is 4.64. The Morgan fingerprint density at radius 1 is 1.37 bits per heavy atom. The van der Waals surface area contributed by atoms with Crippen LogP contribution in [0, 0.1) is 18.4 Å². The zero-order chi connectivity index (χ0) is 18.8. The van der Waals surface area contributed by atoms with Crippen LogP contribution >= 0.6 is 0 Å². The van der Waals surface area contributed by atoms with E-state index in [1.807, 2.05) is 30.5 Å². The van der Waals surface area contributed by atoms with E-state index in [-0.39, 0.29) is 0 Å². The van der Waals surface area contributed by atoms with Gasteiger partial charge in [0.25, 0.3) is 0 Å². The lowest BCUT2D eigenvalue weighted by molar-refractivity contribution is 0.0593. The van der Waals surface area contributed by atoms with Crippen LogP contribution in [0.1, 0.15) is 41.4 Å². The molecule has 2 aromatic heterocycles. The van der Waals surface area contributed by atoms with Gasteiger partial charge in [-0.1, -0.05) is 25.1 Å². The summed E-state index contributed by atoms with van der Waals surface area (Å²) in [7, 11) is 0. The summed E-state index contributed by atoms with van der Waals surface area (Å²) < 4.78 is 1.48. The summed E-state index contributed by atoms with van der Waals surface area (Å²) >= 11 is 0. The fourth-order valence-corrected chi connectivity index (χ4v) is 4.64. The number of aromatic nitrogens is 3. The van der Waals surface area contributed by atoms with Gasteiger partial charge in [-0.25, -0.2) is 9.55 Å². The third kappa shape index (κ3) is 1.99. The van der Waals surface area contributed by atoms with Crippen LogP contribution in [0.3, 0.4) is 0 Å². The first-order valence-corrected chi connectivity index (χ1v) is 9.32. The van der Waals surface area contributed by atoms with Crippen LogP contribution in [0.2, 0.25) is 0 Å². The van der Waals surface area contributed by atoms with Crippen LogP contribution in [0.5, 0.6) is 0 Å². The van der Waals surface area contributed by atoms with Crippen molar-refractivity contribution >= 4 is 21.9 Å². The predicted octanol–water partition coefficient (Wildman–Crippen LogP) is 3.90. The van der Waals surface area contributed by atoms with E-state index in [0.717, 1.165) is 45.9 Å². The van der Waals surface area contributed by atoms with Gasteiger partial charge in [-0.3, -0.25) is 0 Å². The smallest absolute Gasteiger partial charge is 0.190 e. The number of aromatic amines is 1. The van der Waals surface area contributed by atoms with Crippen molar-refractivity contribution < 1.29 is 5.11 Å². The quantitative estimate of drug-likeness (QED) is 0.572. The summed E-state index contributed by atoms with van der Waals surface area (Å²) in [5, 5.41) is 22.9. The van der Waals surface area contributed by atoms with Gasteiger partial charge in [0.2, 0.25) is 0 Å². The molecule has 0 fully saturated rings. The second-order valence-corrected chi connectivity index (χ2v) is 7.36. The molecule has 0 aliphatic heterocycles. The summed E-state index contributed by atoms with van der Waals surface area (Å²) in [5.41, 5.74) is 5.64. The van der Waals surface area contributed by atoms with E-state index in [9.17, 15) is 10.4 Å². The maximum Gasteiger partial charge on any atom is 0.190 e. The van der Waals surface area contributed by atoms with Gasteiger partial charge in [0.15, 0.2) is 12.0 Å². The van der Waals surface area contributed by atoms with Gasteiger partial charge in [0.1, 0.15) is 5.60 Å². The van der Waals surface area contributed by atoms with E-state index in [1.54, 1.807) is 0 Å². The Morgan fingerprint density at radius 2 is 2.19 bits per heavy atom. The minimum Gasteiger partial charge on any atom is -0.377 e. The van der Waals surface area contributed by atoms with Gasteiger partial charge in [0.05, 0.1) is 11.0 Å². The van der Waals surface area contributed by atoms with Crippen molar-refractivity contribution in [1.82, 2.24) is 14.5 Å². The molecule has 134 valence electrons. The van der Waals surface area contributed by atoms with Gasteiger partial charge in [0, 0.05) is 22.7 Å². The van der Waals surface area contributed by atoms with Crippen LogP contribution in [0.15, 0.2) is 36.5 Å². The fraction of sp³-hybridized carbons (Fsp3) is 0.273. The van der Waals surface area contributed by atoms with Crippen LogP contribution in [0.25, 0.3) is 21.9 Å². The Kier molecular flexibility index (Phi) is 3.25. The maximum absolute atomic E-state index is 12.0. The first kappa shape index (κ1) is 16.1. The summed E-state index contributed by atoms with van der Waals surface area (Å²) in [5.74, 6) is 0.415. The van der Waals surface area contributed by atoms with E-state index in [0.29, 0.717) is 12.2 Å². The number of imidazole rings is 1. The number of benzene rings is 2. The van der Waals surface area contributed by atoms with Crippen LogP contribution in [-0.2, 0) is 18.4 Å². The molecule has 5 heteroatoms. The predicted molar refractivity (Wildman–Crippen MR) is 104 cm³/mol. The van der Waals surface area contributed by atoms with Crippen LogP contribution in [0.4, 0.5) is 0 Å². The number of hydrogen-bond acceptors (Lipinski definition) is 3. The van der Waals surface area contributed by atoms with Crippen molar-refractivity contribution in [2.24, 2.45) is 0 Å². The van der Waals surface area contributed by atoms with E-state index in [2.05, 4.69) is 31.1 Å². The number of H-pyrrole nitrogens is 1. The van der Waals surface area contributed by atoms with Gasteiger partial charge < -0.3 is 10.1 Å². The number of aryl methyl sites for hydroxylation is 3. The standard InChI is InChI=1S/C22H20N4O/c1-3-14-10-13(2)20-18-15(11-24-20)8-9-22(27,19(14)18)21-25-16-6-4-5-7-17(16)26(21)12-23/h4-7,10-11,24,27H,3,8-9H2,1-2H3. The molecule has 2 heterocycles. The molecule has 2 aromatic carbocycles. The lowest BCUT2D eigenvalue weighted by atomic mass is 9.76. The molecule has 0 saturated carbocycles. The third-order valence-electron chi connectivity index (χ3n) is 5.90. The monoisotopic (exact) mass is 356 g/mol. The zero-order valence-electron chi connectivity index (χ0n) is 15.4. The Bertz CT molecular complexity index is 1260. The Hall–Kier alpha value is -3.10. The molecule has 1 aliphatic carbocycles. The van der Waals surface area contributed by atoms with Crippen molar-refractivity contribution in [3.8, 4) is 6.19 Å². The van der Waals surface area contributed by atoms with Crippen molar-refractivity contribution in [3.63, 3.8) is 0 Å². The Balaban J connectivity index is 1.90. The van der Waals surface area contributed by atoms with Gasteiger partial charge in [-0.05, 0) is 55.0 Å².